The summed E-state index contributed by atoms with van der Waals surface area (Å²) in [4.78, 5) is 23.0. The van der Waals surface area contributed by atoms with E-state index in [2.05, 4.69) is 62.5 Å². The molecule has 0 amide bonds. The molecule has 0 saturated heterocycles. The number of quaternary nitrogens is 1. The normalized spacial score (nSPS) is 14.0. The predicted molar refractivity (Wildman–Crippen MR) is 261 cm³/mol. The van der Waals surface area contributed by atoms with Crippen LogP contribution < -0.4 is 0 Å². The van der Waals surface area contributed by atoms with Gasteiger partial charge < -0.3 is 18.9 Å². The van der Waals surface area contributed by atoms with Crippen molar-refractivity contribution in [2.45, 2.75) is 225 Å². The zero-order valence-electron chi connectivity index (χ0n) is 40.7. The standard InChI is InChI=1S/C52H98NO7P/c1-6-8-10-12-14-16-18-20-22-24-26-27-28-29-31-33-35-37-39-41-43-45-52(54)60-51(50-59-61(55,56)58-48-46-53(3,4)5)49-57-47-44-42-40-38-36-34-32-30-25-23-21-19-17-15-13-11-9-7-2/h9,11,15,17,21,23-24,26,51H,6-8,10,12-14,16,18-20,22,25,27-50H2,1-5H3/p+1/b11-9-,17-15-,23-21-,26-24-. The third-order valence-electron chi connectivity index (χ3n) is 10.9. The van der Waals surface area contributed by atoms with Crippen molar-refractivity contribution in [1.82, 2.24) is 0 Å². The van der Waals surface area contributed by atoms with E-state index < -0.39 is 13.9 Å². The third kappa shape index (κ3) is 49.3. The first kappa shape index (κ1) is 59.5. The van der Waals surface area contributed by atoms with Crippen molar-refractivity contribution in [1.29, 1.82) is 0 Å². The molecule has 0 rings (SSSR count). The molecule has 0 aromatic rings. The number of rotatable bonds is 47. The molecule has 9 heteroatoms. The van der Waals surface area contributed by atoms with Crippen LogP contribution in [0, 0.1) is 0 Å². The Balaban J connectivity index is 4.15. The van der Waals surface area contributed by atoms with E-state index in [0.29, 0.717) is 24.1 Å². The minimum Gasteiger partial charge on any atom is -0.457 e. The number of carbonyl (C=O) groups is 1. The molecule has 1 N–H and O–H groups in total. The Kier molecular flexibility index (Phi) is 43.9. The molecular formula is C52H99NO7P+. The quantitative estimate of drug-likeness (QED) is 0.0214. The molecule has 0 aliphatic heterocycles. The largest absolute Gasteiger partial charge is 0.472 e. The molecule has 2 unspecified atom stereocenters. The summed E-state index contributed by atoms with van der Waals surface area (Å²) >= 11 is 0. The smallest absolute Gasteiger partial charge is 0.457 e. The van der Waals surface area contributed by atoms with Crippen molar-refractivity contribution in [3.63, 3.8) is 0 Å². The van der Waals surface area contributed by atoms with Crippen LogP contribution in [0.15, 0.2) is 48.6 Å². The molecule has 0 heterocycles. The van der Waals surface area contributed by atoms with Gasteiger partial charge in [0.05, 0.1) is 34.4 Å². The topological polar surface area (TPSA) is 91.3 Å². The Bertz CT molecular complexity index is 1120. The van der Waals surface area contributed by atoms with Gasteiger partial charge in [-0.15, -0.1) is 0 Å². The number of esters is 1. The van der Waals surface area contributed by atoms with Gasteiger partial charge in [-0.25, -0.2) is 4.57 Å². The second-order valence-electron chi connectivity index (χ2n) is 18.2. The second-order valence-corrected chi connectivity index (χ2v) is 19.6. The molecule has 61 heavy (non-hydrogen) atoms. The van der Waals surface area contributed by atoms with Crippen molar-refractivity contribution in [2.24, 2.45) is 0 Å². The molecule has 0 radical (unpaired) electrons. The summed E-state index contributed by atoms with van der Waals surface area (Å²) in [5.74, 6) is -0.318. The number of phosphoric ester groups is 1. The Morgan fingerprint density at radius 2 is 0.951 bits per heavy atom. The molecule has 0 aliphatic rings. The summed E-state index contributed by atoms with van der Waals surface area (Å²) in [7, 11) is 1.66. The fraction of sp³-hybridized carbons (Fsp3) is 0.827. The number of ether oxygens (including phenoxy) is 2. The van der Waals surface area contributed by atoms with Gasteiger partial charge in [-0.2, -0.15) is 0 Å². The second kappa shape index (κ2) is 45.0. The Morgan fingerprint density at radius 1 is 0.525 bits per heavy atom. The van der Waals surface area contributed by atoms with Crippen LogP contribution >= 0.6 is 7.82 Å². The molecule has 0 aliphatic carbocycles. The maximum absolute atomic E-state index is 12.8. The number of hydrogen-bond acceptors (Lipinski definition) is 6. The fourth-order valence-corrected chi connectivity index (χ4v) is 7.72. The van der Waals surface area contributed by atoms with Gasteiger partial charge in [-0.05, 0) is 70.6 Å². The number of phosphoric acid groups is 1. The van der Waals surface area contributed by atoms with Crippen LogP contribution in [-0.4, -0.2) is 75.6 Å². The Hall–Kier alpha value is -1.54. The van der Waals surface area contributed by atoms with Crippen LogP contribution in [0.4, 0.5) is 0 Å². The van der Waals surface area contributed by atoms with Gasteiger partial charge in [0.1, 0.15) is 19.3 Å². The minimum absolute atomic E-state index is 0.0858. The van der Waals surface area contributed by atoms with Crippen molar-refractivity contribution >= 4 is 13.8 Å². The molecule has 358 valence electrons. The van der Waals surface area contributed by atoms with Gasteiger partial charge in [0.25, 0.3) is 0 Å². The Labute approximate surface area is 378 Å². The first-order valence-electron chi connectivity index (χ1n) is 25.4. The molecule has 0 spiro atoms. The fourth-order valence-electron chi connectivity index (χ4n) is 6.97. The van der Waals surface area contributed by atoms with Crippen LogP contribution in [0.2, 0.25) is 0 Å². The van der Waals surface area contributed by atoms with Gasteiger partial charge in [0.2, 0.25) is 0 Å². The van der Waals surface area contributed by atoms with Gasteiger partial charge in [0, 0.05) is 13.0 Å². The maximum Gasteiger partial charge on any atom is 0.472 e. The average Bonchev–Trinajstić information content (AvgIpc) is 3.22. The van der Waals surface area contributed by atoms with Crippen molar-refractivity contribution in [3.8, 4) is 0 Å². The highest BCUT2D eigenvalue weighted by Gasteiger charge is 2.26. The summed E-state index contributed by atoms with van der Waals surface area (Å²) in [6, 6.07) is 0. The summed E-state index contributed by atoms with van der Waals surface area (Å²) in [6.07, 6.45) is 55.8. The van der Waals surface area contributed by atoms with Crippen LogP contribution in [0.3, 0.4) is 0 Å². The van der Waals surface area contributed by atoms with Gasteiger partial charge >= 0.3 is 13.8 Å². The third-order valence-corrected chi connectivity index (χ3v) is 11.9. The lowest BCUT2D eigenvalue weighted by molar-refractivity contribution is -0.870. The molecular weight excluding hydrogens is 782 g/mol. The molecule has 0 saturated carbocycles. The SMILES string of the molecule is CC/C=C\C/C=C\C/C=C\CCCCCCCCCCOCC(COP(=O)(O)OCC[N+](C)(C)C)OC(=O)CCCCCCCCCCC/C=C\CCCCCCCCCC. The highest BCUT2D eigenvalue weighted by Crippen LogP contribution is 2.43. The van der Waals surface area contributed by atoms with Gasteiger partial charge in [-0.3, -0.25) is 13.8 Å². The number of allylic oxidation sites excluding steroid dienone is 8. The number of unbranched alkanes of at least 4 members (excludes halogenated alkanes) is 25. The van der Waals surface area contributed by atoms with E-state index in [1.165, 1.54) is 148 Å². The van der Waals surface area contributed by atoms with E-state index in [-0.39, 0.29) is 25.8 Å². The van der Waals surface area contributed by atoms with E-state index in [9.17, 15) is 14.3 Å². The van der Waals surface area contributed by atoms with Crippen LogP contribution in [0.5, 0.6) is 0 Å². The number of carbonyl (C=O) groups excluding carboxylic acids is 1. The summed E-state index contributed by atoms with van der Waals surface area (Å²) in [6.45, 7) is 5.52. The highest BCUT2D eigenvalue weighted by atomic mass is 31.2. The van der Waals surface area contributed by atoms with Crippen LogP contribution in [0.1, 0.15) is 219 Å². The zero-order valence-corrected chi connectivity index (χ0v) is 41.5. The maximum atomic E-state index is 12.8. The molecule has 0 bridgehead atoms. The predicted octanol–water partition coefficient (Wildman–Crippen LogP) is 15.5. The first-order chi connectivity index (χ1) is 29.6. The van der Waals surface area contributed by atoms with Crippen molar-refractivity contribution in [2.75, 3.05) is 54.1 Å². The van der Waals surface area contributed by atoms with E-state index in [4.69, 9.17) is 18.5 Å². The summed E-state index contributed by atoms with van der Waals surface area (Å²) in [5, 5.41) is 0. The lowest BCUT2D eigenvalue weighted by Crippen LogP contribution is -2.37. The van der Waals surface area contributed by atoms with Gasteiger partial charge in [-0.1, -0.05) is 191 Å². The lowest BCUT2D eigenvalue weighted by atomic mass is 10.1. The number of nitrogens with zero attached hydrogens (tertiary/aromatic N) is 1. The van der Waals surface area contributed by atoms with E-state index in [0.717, 1.165) is 51.4 Å². The minimum atomic E-state index is -4.28. The molecule has 0 aromatic heterocycles. The van der Waals surface area contributed by atoms with E-state index in [1.54, 1.807) is 0 Å². The zero-order chi connectivity index (χ0) is 44.8. The first-order valence-corrected chi connectivity index (χ1v) is 26.9. The molecule has 8 nitrogen and oxygen atoms in total. The van der Waals surface area contributed by atoms with E-state index >= 15 is 0 Å². The summed E-state index contributed by atoms with van der Waals surface area (Å²) < 4.78 is 35.1. The van der Waals surface area contributed by atoms with Gasteiger partial charge in [0.15, 0.2) is 0 Å². The molecule has 2 atom stereocenters. The molecule has 0 fully saturated rings. The van der Waals surface area contributed by atoms with Crippen LogP contribution in [-0.2, 0) is 27.9 Å². The number of likely N-dealkylation sites (N-methyl/N-ethyl adjacent to an activating group) is 1. The average molecular weight is 881 g/mol. The molecule has 0 aromatic carbocycles. The lowest BCUT2D eigenvalue weighted by Gasteiger charge is -2.24. The summed E-state index contributed by atoms with van der Waals surface area (Å²) in [5.41, 5.74) is 0. The highest BCUT2D eigenvalue weighted by molar-refractivity contribution is 7.47. The Morgan fingerprint density at radius 3 is 1.44 bits per heavy atom. The number of hydrogen-bond donors (Lipinski definition) is 1. The monoisotopic (exact) mass is 881 g/mol. The van der Waals surface area contributed by atoms with Crippen molar-refractivity contribution < 1.29 is 37.3 Å². The van der Waals surface area contributed by atoms with Crippen molar-refractivity contribution in [3.05, 3.63) is 48.6 Å². The van der Waals surface area contributed by atoms with E-state index in [1.807, 2.05) is 21.1 Å². The van der Waals surface area contributed by atoms with Crippen LogP contribution in [0.25, 0.3) is 0 Å².